The largest absolute Gasteiger partial charge is 0.369 e. The molecule has 1 aromatic carbocycles. The smallest absolute Gasteiger partial charge is 0.151 e. The molecule has 0 unspecified atom stereocenters. The maximum atomic E-state index is 10.7. The number of nitrogens with zero attached hydrogens (tertiary/aromatic N) is 1. The number of carbonyl (C=O) groups is 1. The molecule has 1 rings (SSSR count). The summed E-state index contributed by atoms with van der Waals surface area (Å²) >= 11 is 3.42. The maximum absolute atomic E-state index is 10.7. The van der Waals surface area contributed by atoms with Gasteiger partial charge in [-0.05, 0) is 54.4 Å². The van der Waals surface area contributed by atoms with Crippen molar-refractivity contribution in [3.8, 4) is 0 Å². The fraction of sp³-hybridized carbons (Fsp3) is 0.462. The van der Waals surface area contributed by atoms with Gasteiger partial charge in [0.2, 0.25) is 0 Å². The molecule has 1 aromatic rings. The fourth-order valence-corrected chi connectivity index (χ4v) is 2.18. The molecule has 0 spiro atoms. The van der Waals surface area contributed by atoms with Gasteiger partial charge in [0.1, 0.15) is 0 Å². The van der Waals surface area contributed by atoms with E-state index in [0.717, 1.165) is 29.4 Å². The van der Waals surface area contributed by atoms with Crippen molar-refractivity contribution >= 4 is 27.9 Å². The molecule has 0 fully saturated rings. The van der Waals surface area contributed by atoms with Crippen LogP contribution >= 0.6 is 15.9 Å². The second-order valence-electron chi connectivity index (χ2n) is 4.11. The molecule has 0 heterocycles. The van der Waals surface area contributed by atoms with E-state index in [0.29, 0.717) is 11.6 Å². The summed E-state index contributed by atoms with van der Waals surface area (Å²) in [6.45, 7) is 7.56. The highest BCUT2D eigenvalue weighted by atomic mass is 79.9. The number of benzene rings is 1. The standard InChI is InChI=1S/C13H18BrNO/c1-4-7-15(10(2)3)12-6-5-11(9-16)13(14)8-12/h5-6,8-10H,4,7H2,1-3H3. The average molecular weight is 284 g/mol. The Balaban J connectivity index is 3.01. The van der Waals surface area contributed by atoms with Crippen LogP contribution in [-0.4, -0.2) is 18.9 Å². The molecular formula is C13H18BrNO. The van der Waals surface area contributed by atoms with Crippen molar-refractivity contribution in [1.82, 2.24) is 0 Å². The molecular weight excluding hydrogens is 266 g/mol. The lowest BCUT2D eigenvalue weighted by atomic mass is 10.2. The van der Waals surface area contributed by atoms with Gasteiger partial charge in [-0.15, -0.1) is 0 Å². The van der Waals surface area contributed by atoms with Gasteiger partial charge >= 0.3 is 0 Å². The van der Waals surface area contributed by atoms with Gasteiger partial charge in [-0.25, -0.2) is 0 Å². The van der Waals surface area contributed by atoms with Crippen LogP contribution in [0.25, 0.3) is 0 Å². The molecule has 3 heteroatoms. The molecule has 0 amide bonds. The highest BCUT2D eigenvalue weighted by Crippen LogP contribution is 2.24. The van der Waals surface area contributed by atoms with Gasteiger partial charge in [-0.1, -0.05) is 6.92 Å². The minimum Gasteiger partial charge on any atom is -0.369 e. The van der Waals surface area contributed by atoms with Gasteiger partial charge in [0.05, 0.1) is 0 Å². The summed E-state index contributed by atoms with van der Waals surface area (Å²) in [5, 5.41) is 0. The highest BCUT2D eigenvalue weighted by Gasteiger charge is 2.10. The molecule has 16 heavy (non-hydrogen) atoms. The van der Waals surface area contributed by atoms with Crippen LogP contribution in [-0.2, 0) is 0 Å². The lowest BCUT2D eigenvalue weighted by Gasteiger charge is -2.29. The van der Waals surface area contributed by atoms with Crippen LogP contribution in [0.2, 0.25) is 0 Å². The molecule has 0 aliphatic heterocycles. The first-order valence-corrected chi connectivity index (χ1v) is 6.40. The summed E-state index contributed by atoms with van der Waals surface area (Å²) in [6, 6.07) is 6.34. The Morgan fingerprint density at radius 1 is 1.44 bits per heavy atom. The molecule has 0 saturated carbocycles. The first-order chi connectivity index (χ1) is 7.60. The summed E-state index contributed by atoms with van der Waals surface area (Å²) in [5.74, 6) is 0. The molecule has 0 saturated heterocycles. The Labute approximate surface area is 106 Å². The van der Waals surface area contributed by atoms with Gasteiger partial charge in [-0.3, -0.25) is 4.79 Å². The van der Waals surface area contributed by atoms with Gasteiger partial charge in [0.25, 0.3) is 0 Å². The van der Waals surface area contributed by atoms with E-state index in [1.165, 1.54) is 0 Å². The first kappa shape index (κ1) is 13.2. The van der Waals surface area contributed by atoms with Crippen molar-refractivity contribution in [2.75, 3.05) is 11.4 Å². The van der Waals surface area contributed by atoms with Gasteiger partial charge < -0.3 is 4.90 Å². The summed E-state index contributed by atoms with van der Waals surface area (Å²) in [4.78, 5) is 13.1. The van der Waals surface area contributed by atoms with Crippen molar-refractivity contribution < 1.29 is 4.79 Å². The average Bonchev–Trinajstić information content (AvgIpc) is 2.25. The molecule has 2 nitrogen and oxygen atoms in total. The molecule has 0 atom stereocenters. The van der Waals surface area contributed by atoms with E-state index in [1.807, 2.05) is 18.2 Å². The third-order valence-corrected chi connectivity index (χ3v) is 3.22. The zero-order valence-electron chi connectivity index (χ0n) is 10.0. The van der Waals surface area contributed by atoms with Crippen molar-refractivity contribution in [2.45, 2.75) is 33.2 Å². The Morgan fingerprint density at radius 3 is 2.56 bits per heavy atom. The van der Waals surface area contributed by atoms with E-state index in [2.05, 4.69) is 41.6 Å². The van der Waals surface area contributed by atoms with E-state index < -0.39 is 0 Å². The minimum atomic E-state index is 0.467. The van der Waals surface area contributed by atoms with Gasteiger partial charge in [0, 0.05) is 28.3 Å². The Morgan fingerprint density at radius 2 is 2.12 bits per heavy atom. The maximum Gasteiger partial charge on any atom is 0.151 e. The molecule has 0 aliphatic carbocycles. The Kier molecular flexibility index (Phi) is 5.00. The number of halogens is 1. The molecule has 0 radical (unpaired) electrons. The summed E-state index contributed by atoms with van der Waals surface area (Å²) in [5.41, 5.74) is 1.86. The second-order valence-corrected chi connectivity index (χ2v) is 4.97. The highest BCUT2D eigenvalue weighted by molar-refractivity contribution is 9.10. The summed E-state index contributed by atoms with van der Waals surface area (Å²) < 4.78 is 0.863. The van der Waals surface area contributed by atoms with E-state index in [4.69, 9.17) is 0 Å². The van der Waals surface area contributed by atoms with Crippen LogP contribution in [0, 0.1) is 0 Å². The number of hydrogen-bond donors (Lipinski definition) is 0. The monoisotopic (exact) mass is 283 g/mol. The van der Waals surface area contributed by atoms with Crippen LogP contribution < -0.4 is 4.90 Å². The van der Waals surface area contributed by atoms with E-state index in [9.17, 15) is 4.79 Å². The van der Waals surface area contributed by atoms with Crippen LogP contribution in [0.5, 0.6) is 0 Å². The number of aldehydes is 1. The third-order valence-electron chi connectivity index (χ3n) is 2.53. The van der Waals surface area contributed by atoms with Crippen LogP contribution in [0.3, 0.4) is 0 Å². The third kappa shape index (κ3) is 3.08. The van der Waals surface area contributed by atoms with Gasteiger partial charge in [-0.2, -0.15) is 0 Å². The zero-order valence-corrected chi connectivity index (χ0v) is 11.6. The van der Waals surface area contributed by atoms with Crippen LogP contribution in [0.4, 0.5) is 5.69 Å². The number of rotatable bonds is 5. The van der Waals surface area contributed by atoms with Crippen molar-refractivity contribution in [2.24, 2.45) is 0 Å². The first-order valence-electron chi connectivity index (χ1n) is 5.61. The van der Waals surface area contributed by atoms with Crippen molar-refractivity contribution in [3.05, 3.63) is 28.2 Å². The predicted molar refractivity (Wildman–Crippen MR) is 72.3 cm³/mol. The second kappa shape index (κ2) is 6.04. The number of hydrogen-bond acceptors (Lipinski definition) is 2. The number of anilines is 1. The normalized spacial score (nSPS) is 10.6. The lowest BCUT2D eigenvalue weighted by Crippen LogP contribution is -2.31. The number of carbonyl (C=O) groups excluding carboxylic acids is 1. The Bertz CT molecular complexity index is 363. The van der Waals surface area contributed by atoms with Crippen molar-refractivity contribution in [3.63, 3.8) is 0 Å². The zero-order chi connectivity index (χ0) is 12.1. The lowest BCUT2D eigenvalue weighted by molar-refractivity contribution is 0.112. The van der Waals surface area contributed by atoms with Gasteiger partial charge in [0.15, 0.2) is 6.29 Å². The molecule has 88 valence electrons. The van der Waals surface area contributed by atoms with E-state index >= 15 is 0 Å². The molecule has 0 N–H and O–H groups in total. The summed E-state index contributed by atoms with van der Waals surface area (Å²) in [6.07, 6.45) is 1.98. The van der Waals surface area contributed by atoms with Crippen LogP contribution in [0.1, 0.15) is 37.6 Å². The predicted octanol–water partition coefficient (Wildman–Crippen LogP) is 3.89. The van der Waals surface area contributed by atoms with E-state index in [1.54, 1.807) is 0 Å². The molecule has 0 aliphatic rings. The summed E-state index contributed by atoms with van der Waals surface area (Å²) in [7, 11) is 0. The molecule has 0 aromatic heterocycles. The SMILES string of the molecule is CCCN(c1ccc(C=O)c(Br)c1)C(C)C. The Hall–Kier alpha value is -0.830. The topological polar surface area (TPSA) is 20.3 Å². The van der Waals surface area contributed by atoms with E-state index in [-0.39, 0.29) is 0 Å². The minimum absolute atomic E-state index is 0.467. The van der Waals surface area contributed by atoms with Crippen LogP contribution in [0.15, 0.2) is 22.7 Å². The molecule has 0 bridgehead atoms. The fourth-order valence-electron chi connectivity index (χ4n) is 1.72. The quantitative estimate of drug-likeness (QED) is 0.765. The van der Waals surface area contributed by atoms with Crippen molar-refractivity contribution in [1.29, 1.82) is 0 Å².